The standard InChI is InChI=1S/C59H34N4O/c1-2-15-36(16-3-1)57-60-58(62-59(61-57)51-31-39-19-7-8-20-41(39)43-22-10-11-23-44(43)51)40-27-28-46-50-34-53(45-24-12-13-25-48(45)56(50)64-54(46)33-40)63-52-32-38-18-5-4-17-37(38)30-49(52)47-29-26-35-14-6-9-21-42(35)55(47)63/h1-34H. The first-order valence-corrected chi connectivity index (χ1v) is 21.7. The van der Waals surface area contributed by atoms with Crippen molar-refractivity contribution in [2.75, 3.05) is 0 Å². The predicted octanol–water partition coefficient (Wildman–Crippen LogP) is 15.6. The van der Waals surface area contributed by atoms with E-state index in [0.717, 1.165) is 71.2 Å². The molecule has 0 fully saturated rings. The van der Waals surface area contributed by atoms with Gasteiger partial charge in [-0.25, -0.2) is 15.0 Å². The van der Waals surface area contributed by atoms with E-state index < -0.39 is 0 Å². The number of rotatable bonds is 4. The maximum absolute atomic E-state index is 6.96. The summed E-state index contributed by atoms with van der Waals surface area (Å²) in [5, 5.41) is 16.2. The highest BCUT2D eigenvalue weighted by molar-refractivity contribution is 6.23. The van der Waals surface area contributed by atoms with Crippen LogP contribution in [0.5, 0.6) is 0 Å². The van der Waals surface area contributed by atoms with Crippen molar-refractivity contribution >= 4 is 97.6 Å². The highest BCUT2D eigenvalue weighted by atomic mass is 16.3. The zero-order chi connectivity index (χ0) is 41.9. The number of furan rings is 1. The second-order valence-corrected chi connectivity index (χ2v) is 16.7. The summed E-state index contributed by atoms with van der Waals surface area (Å²) in [6.07, 6.45) is 0. The molecular formula is C59H34N4O. The Labute approximate surface area is 366 Å². The summed E-state index contributed by atoms with van der Waals surface area (Å²) in [6.45, 7) is 0. The van der Waals surface area contributed by atoms with Crippen LogP contribution in [0.15, 0.2) is 211 Å². The fourth-order valence-corrected chi connectivity index (χ4v) is 10.2. The number of fused-ring (bicyclic) bond motifs is 14. The highest BCUT2D eigenvalue weighted by Gasteiger charge is 2.22. The lowest BCUT2D eigenvalue weighted by molar-refractivity contribution is 0.672. The van der Waals surface area contributed by atoms with Gasteiger partial charge in [-0.1, -0.05) is 170 Å². The Morgan fingerprint density at radius 3 is 1.75 bits per heavy atom. The normalized spacial score (nSPS) is 12.1. The second kappa shape index (κ2) is 13.4. The summed E-state index contributed by atoms with van der Waals surface area (Å²) < 4.78 is 9.45. The van der Waals surface area contributed by atoms with E-state index in [2.05, 4.69) is 193 Å². The molecule has 11 aromatic carbocycles. The molecule has 0 unspecified atom stereocenters. The molecule has 0 N–H and O–H groups in total. The van der Waals surface area contributed by atoms with Crippen LogP contribution in [0, 0.1) is 0 Å². The maximum Gasteiger partial charge on any atom is 0.164 e. The van der Waals surface area contributed by atoms with E-state index in [-0.39, 0.29) is 0 Å². The molecule has 5 heteroatoms. The largest absolute Gasteiger partial charge is 0.455 e. The van der Waals surface area contributed by atoms with E-state index in [1.54, 1.807) is 0 Å². The molecule has 0 saturated carbocycles. The lowest BCUT2D eigenvalue weighted by Crippen LogP contribution is -2.00. The lowest BCUT2D eigenvalue weighted by atomic mass is 9.97. The number of benzene rings is 11. The molecule has 0 spiro atoms. The molecule has 0 aliphatic rings. The summed E-state index contributed by atoms with van der Waals surface area (Å²) in [6, 6.07) is 73.4. The SMILES string of the molecule is c1ccc(-c2nc(-c3ccc4c(c3)oc3c5ccccc5c(-n5c6cc7ccccc7cc6c6ccc7ccccc7c65)cc43)nc(-c3cc4ccccc4c4ccccc34)n2)cc1. The van der Waals surface area contributed by atoms with Crippen molar-refractivity contribution in [2.24, 2.45) is 0 Å². The number of hydrogen-bond donors (Lipinski definition) is 0. The average Bonchev–Trinajstić information content (AvgIpc) is 3.90. The molecule has 0 aliphatic heterocycles. The second-order valence-electron chi connectivity index (χ2n) is 16.7. The molecule has 0 bridgehead atoms. The van der Waals surface area contributed by atoms with E-state index in [0.29, 0.717) is 17.5 Å². The summed E-state index contributed by atoms with van der Waals surface area (Å²) in [7, 11) is 0. The van der Waals surface area contributed by atoms with Gasteiger partial charge in [0.05, 0.1) is 16.7 Å². The minimum atomic E-state index is 0.582. The van der Waals surface area contributed by atoms with E-state index in [1.807, 2.05) is 18.2 Å². The molecule has 64 heavy (non-hydrogen) atoms. The molecule has 3 aromatic heterocycles. The van der Waals surface area contributed by atoms with Crippen molar-refractivity contribution in [1.29, 1.82) is 0 Å². The molecule has 0 saturated heterocycles. The number of nitrogens with zero attached hydrogens (tertiary/aromatic N) is 4. The van der Waals surface area contributed by atoms with Crippen molar-refractivity contribution in [3.05, 3.63) is 206 Å². The van der Waals surface area contributed by atoms with Gasteiger partial charge in [0.15, 0.2) is 17.5 Å². The zero-order valence-corrected chi connectivity index (χ0v) is 34.3. The average molecular weight is 815 g/mol. The number of aromatic nitrogens is 4. The zero-order valence-electron chi connectivity index (χ0n) is 34.3. The Balaban J connectivity index is 1.01. The molecule has 0 aliphatic carbocycles. The van der Waals surface area contributed by atoms with Crippen LogP contribution in [-0.4, -0.2) is 19.5 Å². The van der Waals surface area contributed by atoms with Crippen LogP contribution in [0.25, 0.3) is 137 Å². The fraction of sp³-hybridized carbons (Fsp3) is 0. The first-order valence-electron chi connectivity index (χ1n) is 21.7. The van der Waals surface area contributed by atoms with E-state index >= 15 is 0 Å². The third-order valence-electron chi connectivity index (χ3n) is 13.2. The number of hydrogen-bond acceptors (Lipinski definition) is 4. The van der Waals surface area contributed by atoms with Gasteiger partial charge >= 0.3 is 0 Å². The highest BCUT2D eigenvalue weighted by Crippen LogP contribution is 2.44. The molecule has 3 heterocycles. The Morgan fingerprint density at radius 2 is 0.938 bits per heavy atom. The lowest BCUT2D eigenvalue weighted by Gasteiger charge is -2.14. The first kappa shape index (κ1) is 35.0. The van der Waals surface area contributed by atoms with E-state index in [1.165, 1.54) is 48.7 Å². The Hall–Kier alpha value is -8.67. The van der Waals surface area contributed by atoms with E-state index in [4.69, 9.17) is 19.4 Å². The Bertz CT molecular complexity index is 4260. The molecule has 296 valence electrons. The Morgan fingerprint density at radius 1 is 0.328 bits per heavy atom. The van der Waals surface area contributed by atoms with Crippen LogP contribution < -0.4 is 0 Å². The fourth-order valence-electron chi connectivity index (χ4n) is 10.2. The van der Waals surface area contributed by atoms with Crippen LogP contribution in [0.2, 0.25) is 0 Å². The van der Waals surface area contributed by atoms with Crippen molar-refractivity contribution in [1.82, 2.24) is 19.5 Å². The summed E-state index contributed by atoms with van der Waals surface area (Å²) >= 11 is 0. The van der Waals surface area contributed by atoms with Crippen molar-refractivity contribution in [2.45, 2.75) is 0 Å². The van der Waals surface area contributed by atoms with Gasteiger partial charge in [0.2, 0.25) is 0 Å². The van der Waals surface area contributed by atoms with Crippen LogP contribution in [-0.2, 0) is 0 Å². The van der Waals surface area contributed by atoms with Gasteiger partial charge in [-0.3, -0.25) is 0 Å². The smallest absolute Gasteiger partial charge is 0.164 e. The molecular weight excluding hydrogens is 781 g/mol. The van der Waals surface area contributed by atoms with Crippen LogP contribution >= 0.6 is 0 Å². The molecule has 0 radical (unpaired) electrons. The van der Waals surface area contributed by atoms with E-state index in [9.17, 15) is 0 Å². The Kier molecular flexibility index (Phi) is 7.33. The van der Waals surface area contributed by atoms with Gasteiger partial charge in [0.25, 0.3) is 0 Å². The van der Waals surface area contributed by atoms with Gasteiger partial charge in [-0.2, -0.15) is 0 Å². The van der Waals surface area contributed by atoms with Crippen molar-refractivity contribution in [3.63, 3.8) is 0 Å². The molecule has 5 nitrogen and oxygen atoms in total. The van der Waals surface area contributed by atoms with Gasteiger partial charge in [-0.15, -0.1) is 0 Å². The monoisotopic (exact) mass is 814 g/mol. The quantitative estimate of drug-likeness (QED) is 0.166. The minimum absolute atomic E-state index is 0.582. The van der Waals surface area contributed by atoms with Gasteiger partial charge in [-0.05, 0) is 74.1 Å². The molecule has 0 atom stereocenters. The molecule has 14 aromatic rings. The van der Waals surface area contributed by atoms with Crippen molar-refractivity contribution in [3.8, 4) is 39.9 Å². The van der Waals surface area contributed by atoms with Crippen LogP contribution in [0.3, 0.4) is 0 Å². The van der Waals surface area contributed by atoms with Gasteiger partial charge in [0.1, 0.15) is 11.2 Å². The third-order valence-corrected chi connectivity index (χ3v) is 13.2. The van der Waals surface area contributed by atoms with Crippen LogP contribution in [0.4, 0.5) is 0 Å². The summed E-state index contributed by atoms with van der Waals surface area (Å²) in [5.41, 5.74) is 7.84. The van der Waals surface area contributed by atoms with Crippen molar-refractivity contribution < 1.29 is 4.42 Å². The molecule has 14 rings (SSSR count). The summed E-state index contributed by atoms with van der Waals surface area (Å²) in [5.74, 6) is 1.82. The van der Waals surface area contributed by atoms with Gasteiger partial charge in [0, 0.05) is 54.4 Å². The van der Waals surface area contributed by atoms with Crippen LogP contribution in [0.1, 0.15) is 0 Å². The predicted molar refractivity (Wildman–Crippen MR) is 265 cm³/mol. The first-order chi connectivity index (χ1) is 31.7. The third kappa shape index (κ3) is 5.15. The van der Waals surface area contributed by atoms with Gasteiger partial charge < -0.3 is 8.98 Å². The maximum atomic E-state index is 6.96. The summed E-state index contributed by atoms with van der Waals surface area (Å²) in [4.78, 5) is 15.5. The topological polar surface area (TPSA) is 56.7 Å². The molecule has 0 amide bonds. The minimum Gasteiger partial charge on any atom is -0.455 e.